The molecule has 1 aromatic carbocycles. The standard InChI is InChI=1S/C18H25N5O4S/c1-22-12-17(20-13-22)28(26,27)23-10-7-16(8-11-23)21-15-4-2-14(3-5-15)6-9-19-18(24)25/h2-5,12-13,16,19,21H,6-11H2,1H3,(H,24,25). The Morgan fingerprint density at radius 3 is 2.50 bits per heavy atom. The number of benzene rings is 1. The van der Waals surface area contributed by atoms with E-state index in [-0.39, 0.29) is 11.1 Å². The van der Waals surface area contributed by atoms with Crippen molar-refractivity contribution in [2.75, 3.05) is 25.0 Å². The lowest BCUT2D eigenvalue weighted by atomic mass is 10.1. The molecule has 1 amide bonds. The number of anilines is 1. The number of sulfonamides is 1. The topological polar surface area (TPSA) is 117 Å². The molecule has 1 aliphatic rings. The molecular formula is C18H25N5O4S. The van der Waals surface area contributed by atoms with Crippen LogP contribution in [0.3, 0.4) is 0 Å². The number of imidazole rings is 1. The van der Waals surface area contributed by atoms with Gasteiger partial charge in [0, 0.05) is 44.6 Å². The Bertz CT molecular complexity index is 902. The molecular weight excluding hydrogens is 382 g/mol. The highest BCUT2D eigenvalue weighted by atomic mass is 32.2. The van der Waals surface area contributed by atoms with Gasteiger partial charge in [-0.2, -0.15) is 4.31 Å². The van der Waals surface area contributed by atoms with Gasteiger partial charge in [-0.1, -0.05) is 12.1 Å². The van der Waals surface area contributed by atoms with E-state index in [1.165, 1.54) is 16.8 Å². The molecule has 1 aliphatic heterocycles. The van der Waals surface area contributed by atoms with Gasteiger partial charge < -0.3 is 20.3 Å². The average Bonchev–Trinajstić information content (AvgIpc) is 3.11. The van der Waals surface area contributed by atoms with Crippen LogP contribution in [0.15, 0.2) is 41.8 Å². The fourth-order valence-electron chi connectivity index (χ4n) is 3.21. The van der Waals surface area contributed by atoms with Crippen LogP contribution >= 0.6 is 0 Å². The molecule has 2 aromatic rings. The maximum atomic E-state index is 12.6. The summed E-state index contributed by atoms with van der Waals surface area (Å²) < 4.78 is 28.4. The van der Waals surface area contributed by atoms with Gasteiger partial charge in [-0.25, -0.2) is 18.2 Å². The molecule has 0 atom stereocenters. The molecule has 3 rings (SSSR count). The third-order valence-electron chi connectivity index (χ3n) is 4.75. The van der Waals surface area contributed by atoms with Crippen LogP contribution in [0.2, 0.25) is 0 Å². The van der Waals surface area contributed by atoms with Gasteiger partial charge in [0.25, 0.3) is 10.0 Å². The quantitative estimate of drug-likeness (QED) is 0.640. The molecule has 152 valence electrons. The highest BCUT2D eigenvalue weighted by Gasteiger charge is 2.30. The summed E-state index contributed by atoms with van der Waals surface area (Å²) in [4.78, 5) is 14.4. The lowest BCUT2D eigenvalue weighted by Crippen LogP contribution is -2.42. The third-order valence-corrected chi connectivity index (χ3v) is 6.54. The Morgan fingerprint density at radius 1 is 1.25 bits per heavy atom. The van der Waals surface area contributed by atoms with Gasteiger partial charge in [-0.15, -0.1) is 0 Å². The number of rotatable bonds is 7. The van der Waals surface area contributed by atoms with Crippen LogP contribution < -0.4 is 10.6 Å². The summed E-state index contributed by atoms with van der Waals surface area (Å²) in [6.07, 6.45) is 4.06. The van der Waals surface area contributed by atoms with Crippen molar-refractivity contribution < 1.29 is 18.3 Å². The molecule has 9 nitrogen and oxygen atoms in total. The largest absolute Gasteiger partial charge is 0.465 e. The Hall–Kier alpha value is -2.59. The zero-order chi connectivity index (χ0) is 20.1. The van der Waals surface area contributed by atoms with Gasteiger partial charge in [0.2, 0.25) is 0 Å². The summed E-state index contributed by atoms with van der Waals surface area (Å²) in [5.74, 6) is 0. The van der Waals surface area contributed by atoms with Crippen molar-refractivity contribution in [3.8, 4) is 0 Å². The zero-order valence-electron chi connectivity index (χ0n) is 15.7. The summed E-state index contributed by atoms with van der Waals surface area (Å²) in [5.41, 5.74) is 2.02. The molecule has 1 fully saturated rings. The first-order valence-electron chi connectivity index (χ1n) is 9.15. The molecule has 10 heteroatoms. The lowest BCUT2D eigenvalue weighted by molar-refractivity contribution is 0.194. The molecule has 2 heterocycles. The number of hydrogen-bond donors (Lipinski definition) is 3. The molecule has 1 aromatic heterocycles. The summed E-state index contributed by atoms with van der Waals surface area (Å²) >= 11 is 0. The number of carboxylic acid groups (broad SMARTS) is 1. The van der Waals surface area contributed by atoms with Crippen LogP contribution in [-0.4, -0.2) is 59.1 Å². The zero-order valence-corrected chi connectivity index (χ0v) is 16.5. The van der Waals surface area contributed by atoms with Crippen LogP contribution in [0, 0.1) is 0 Å². The number of aryl methyl sites for hydroxylation is 1. The number of piperidine rings is 1. The SMILES string of the molecule is Cn1cnc(S(=O)(=O)N2CCC(Nc3ccc(CCNC(=O)O)cc3)CC2)c1. The van der Waals surface area contributed by atoms with E-state index in [4.69, 9.17) is 5.11 Å². The molecule has 0 saturated carbocycles. The smallest absolute Gasteiger partial charge is 0.404 e. The fraction of sp³-hybridized carbons (Fsp3) is 0.444. The van der Waals surface area contributed by atoms with Gasteiger partial charge in [0.05, 0.1) is 6.33 Å². The minimum atomic E-state index is -3.53. The van der Waals surface area contributed by atoms with Crippen molar-refractivity contribution in [1.29, 1.82) is 0 Å². The van der Waals surface area contributed by atoms with Crippen LogP contribution in [-0.2, 0) is 23.5 Å². The molecule has 0 aliphatic carbocycles. The van der Waals surface area contributed by atoms with E-state index in [1.807, 2.05) is 24.3 Å². The predicted octanol–water partition coefficient (Wildman–Crippen LogP) is 1.50. The first-order chi connectivity index (χ1) is 13.3. The molecule has 0 bridgehead atoms. The van der Waals surface area contributed by atoms with Crippen LogP contribution in [0.5, 0.6) is 0 Å². The molecule has 3 N–H and O–H groups in total. The Kier molecular flexibility index (Phi) is 6.20. The molecule has 0 unspecified atom stereocenters. The van der Waals surface area contributed by atoms with Crippen molar-refractivity contribution in [1.82, 2.24) is 19.2 Å². The van der Waals surface area contributed by atoms with Gasteiger partial charge in [0.15, 0.2) is 5.03 Å². The number of nitrogens with one attached hydrogen (secondary N) is 2. The van der Waals surface area contributed by atoms with E-state index >= 15 is 0 Å². The normalized spacial score (nSPS) is 16.0. The Balaban J connectivity index is 1.49. The summed E-state index contributed by atoms with van der Waals surface area (Å²) in [6.45, 7) is 1.29. The number of nitrogens with zero attached hydrogens (tertiary/aromatic N) is 3. The summed E-state index contributed by atoms with van der Waals surface area (Å²) in [6, 6.07) is 8.06. The minimum absolute atomic E-state index is 0.0920. The van der Waals surface area contributed by atoms with Crippen molar-refractivity contribution in [2.45, 2.75) is 30.3 Å². The monoisotopic (exact) mass is 407 g/mol. The van der Waals surface area contributed by atoms with E-state index in [0.717, 1.165) is 24.1 Å². The second-order valence-corrected chi connectivity index (χ2v) is 8.76. The number of amides is 1. The second kappa shape index (κ2) is 8.61. The number of carbonyl (C=O) groups is 1. The van der Waals surface area contributed by atoms with E-state index in [2.05, 4.69) is 15.6 Å². The van der Waals surface area contributed by atoms with E-state index in [0.29, 0.717) is 26.1 Å². The Labute approximate surface area is 164 Å². The van der Waals surface area contributed by atoms with E-state index in [9.17, 15) is 13.2 Å². The maximum absolute atomic E-state index is 12.6. The average molecular weight is 407 g/mol. The molecule has 28 heavy (non-hydrogen) atoms. The summed E-state index contributed by atoms with van der Waals surface area (Å²) in [7, 11) is -1.79. The van der Waals surface area contributed by atoms with E-state index < -0.39 is 16.1 Å². The Morgan fingerprint density at radius 2 is 1.93 bits per heavy atom. The third kappa shape index (κ3) is 5.02. The second-order valence-electron chi connectivity index (χ2n) is 6.88. The predicted molar refractivity (Wildman–Crippen MR) is 105 cm³/mol. The number of hydrogen-bond acceptors (Lipinski definition) is 5. The van der Waals surface area contributed by atoms with Crippen molar-refractivity contribution in [3.05, 3.63) is 42.4 Å². The van der Waals surface area contributed by atoms with Crippen LogP contribution in [0.4, 0.5) is 10.5 Å². The molecule has 1 saturated heterocycles. The minimum Gasteiger partial charge on any atom is -0.465 e. The van der Waals surface area contributed by atoms with Crippen molar-refractivity contribution in [3.63, 3.8) is 0 Å². The highest BCUT2D eigenvalue weighted by Crippen LogP contribution is 2.22. The first kappa shape index (κ1) is 20.2. The van der Waals surface area contributed by atoms with Crippen LogP contribution in [0.25, 0.3) is 0 Å². The van der Waals surface area contributed by atoms with Gasteiger partial charge >= 0.3 is 6.09 Å². The highest BCUT2D eigenvalue weighted by molar-refractivity contribution is 7.89. The molecule has 0 spiro atoms. The van der Waals surface area contributed by atoms with Crippen LogP contribution in [0.1, 0.15) is 18.4 Å². The van der Waals surface area contributed by atoms with E-state index in [1.54, 1.807) is 11.6 Å². The lowest BCUT2D eigenvalue weighted by Gasteiger charge is -2.31. The van der Waals surface area contributed by atoms with Crippen molar-refractivity contribution in [2.24, 2.45) is 7.05 Å². The van der Waals surface area contributed by atoms with Gasteiger partial charge in [-0.05, 0) is 37.0 Å². The fourth-order valence-corrected chi connectivity index (χ4v) is 4.65. The molecule has 0 radical (unpaired) electrons. The van der Waals surface area contributed by atoms with Gasteiger partial charge in [-0.3, -0.25) is 0 Å². The number of aromatic nitrogens is 2. The van der Waals surface area contributed by atoms with Gasteiger partial charge in [0.1, 0.15) is 0 Å². The first-order valence-corrected chi connectivity index (χ1v) is 10.6. The summed E-state index contributed by atoms with van der Waals surface area (Å²) in [5, 5.41) is 14.5. The maximum Gasteiger partial charge on any atom is 0.404 e. The van der Waals surface area contributed by atoms with Crippen molar-refractivity contribution >= 4 is 21.8 Å².